The predicted octanol–water partition coefficient (Wildman–Crippen LogP) is 4.26. The lowest BCUT2D eigenvalue weighted by atomic mass is 10.1. The van der Waals surface area contributed by atoms with Crippen molar-refractivity contribution >= 4 is 23.7 Å². The minimum Gasteiger partial charge on any atom is -0.351 e. The van der Waals surface area contributed by atoms with Crippen LogP contribution in [0, 0.1) is 6.92 Å². The molecule has 0 aliphatic carbocycles. The number of benzene rings is 2. The van der Waals surface area contributed by atoms with E-state index in [2.05, 4.69) is 34.6 Å². The normalized spacial score (nSPS) is 11.8. The van der Waals surface area contributed by atoms with Crippen LogP contribution in [-0.2, 0) is 11.2 Å². The van der Waals surface area contributed by atoms with Crippen LogP contribution in [0.15, 0.2) is 53.7 Å². The zero-order chi connectivity index (χ0) is 22.4. The number of urea groups is 1. The first-order chi connectivity index (χ1) is 14.9. The van der Waals surface area contributed by atoms with Crippen molar-refractivity contribution < 1.29 is 9.59 Å². The fraction of sp³-hybridized carbons (Fsp3) is 0.304. The number of aromatic nitrogens is 3. The largest absolute Gasteiger partial charge is 0.351 e. The smallest absolute Gasteiger partial charge is 0.318 e. The highest BCUT2D eigenvalue weighted by Crippen LogP contribution is 2.30. The molecule has 31 heavy (non-hydrogen) atoms. The third kappa shape index (κ3) is 5.73. The Morgan fingerprint density at radius 3 is 2.39 bits per heavy atom. The first kappa shape index (κ1) is 22.6. The molecule has 0 saturated carbocycles. The topological polar surface area (TPSA) is 103 Å². The minimum absolute atomic E-state index is 0.473. The summed E-state index contributed by atoms with van der Waals surface area (Å²) in [6, 6.07) is 15.5. The second kappa shape index (κ2) is 10.3. The van der Waals surface area contributed by atoms with Crippen LogP contribution in [0.3, 0.4) is 0 Å². The number of unbranched alkanes of at least 4 members (excludes halogenated alkanes) is 1. The van der Waals surface area contributed by atoms with Crippen molar-refractivity contribution in [3.63, 3.8) is 0 Å². The monoisotopic (exact) mass is 437 g/mol. The molecule has 1 heterocycles. The highest BCUT2D eigenvalue weighted by Gasteiger charge is 2.22. The summed E-state index contributed by atoms with van der Waals surface area (Å²) in [6.45, 7) is 5.91. The molecule has 0 saturated heterocycles. The number of thioether (sulfide) groups is 1. The van der Waals surface area contributed by atoms with Gasteiger partial charge in [-0.15, -0.1) is 10.2 Å². The molecule has 3 aromatic rings. The number of imide groups is 1. The predicted molar refractivity (Wildman–Crippen MR) is 123 cm³/mol. The maximum Gasteiger partial charge on any atom is 0.318 e. The number of aryl methyl sites for hydroxylation is 2. The van der Waals surface area contributed by atoms with Gasteiger partial charge in [0, 0.05) is 11.3 Å². The Hall–Kier alpha value is -3.13. The molecule has 3 N–H and O–H groups in total. The van der Waals surface area contributed by atoms with Crippen LogP contribution in [0.1, 0.15) is 37.8 Å². The molecule has 0 spiro atoms. The van der Waals surface area contributed by atoms with Gasteiger partial charge in [-0.25, -0.2) is 4.79 Å². The zero-order valence-electron chi connectivity index (χ0n) is 18.0. The Kier molecular flexibility index (Phi) is 7.46. The van der Waals surface area contributed by atoms with Crippen LogP contribution in [0.4, 0.5) is 4.79 Å². The Balaban J connectivity index is 1.98. The number of nitrogens with zero attached hydrogens (tertiary/aromatic N) is 3. The molecular formula is C23H27N5O2S. The number of nitrogens with one attached hydrogen (secondary N) is 1. The number of hydrogen-bond donors (Lipinski definition) is 2. The van der Waals surface area contributed by atoms with E-state index in [1.165, 1.54) is 17.3 Å². The van der Waals surface area contributed by atoms with E-state index in [9.17, 15) is 9.59 Å². The van der Waals surface area contributed by atoms with E-state index in [4.69, 9.17) is 5.73 Å². The van der Waals surface area contributed by atoms with E-state index < -0.39 is 17.2 Å². The van der Waals surface area contributed by atoms with Gasteiger partial charge in [-0.1, -0.05) is 67.1 Å². The first-order valence-electron chi connectivity index (χ1n) is 10.3. The molecule has 3 amide bonds. The first-order valence-corrected chi connectivity index (χ1v) is 11.2. The maximum absolute atomic E-state index is 12.2. The van der Waals surface area contributed by atoms with Gasteiger partial charge in [-0.05, 0) is 44.4 Å². The lowest BCUT2D eigenvalue weighted by Gasteiger charge is -2.14. The van der Waals surface area contributed by atoms with Crippen molar-refractivity contribution in [3.8, 4) is 17.1 Å². The molecule has 0 radical (unpaired) electrons. The summed E-state index contributed by atoms with van der Waals surface area (Å²) in [6.07, 6.45) is 3.33. The average molecular weight is 438 g/mol. The third-order valence-corrected chi connectivity index (χ3v) is 5.90. The third-order valence-electron chi connectivity index (χ3n) is 4.85. The van der Waals surface area contributed by atoms with Gasteiger partial charge in [0.15, 0.2) is 11.0 Å². The summed E-state index contributed by atoms with van der Waals surface area (Å²) in [5.74, 6) is 0.213. The lowest BCUT2D eigenvalue weighted by Crippen LogP contribution is -2.39. The van der Waals surface area contributed by atoms with Gasteiger partial charge in [0.25, 0.3) is 0 Å². The Labute approximate surface area is 186 Å². The molecule has 0 aliphatic rings. The second-order valence-electron chi connectivity index (χ2n) is 7.39. The molecule has 8 heteroatoms. The summed E-state index contributed by atoms with van der Waals surface area (Å²) >= 11 is 1.22. The summed E-state index contributed by atoms with van der Waals surface area (Å²) in [4.78, 5) is 23.2. The van der Waals surface area contributed by atoms with Gasteiger partial charge in [-0.3, -0.25) is 14.7 Å². The van der Waals surface area contributed by atoms with Gasteiger partial charge >= 0.3 is 6.03 Å². The van der Waals surface area contributed by atoms with E-state index in [0.717, 1.165) is 36.1 Å². The van der Waals surface area contributed by atoms with E-state index in [-0.39, 0.29) is 0 Å². The molecule has 0 aliphatic heterocycles. The maximum atomic E-state index is 12.2. The summed E-state index contributed by atoms with van der Waals surface area (Å²) in [5, 5.41) is 10.8. The molecule has 0 fully saturated rings. The Morgan fingerprint density at radius 1 is 1.10 bits per heavy atom. The number of carbonyl (C=O) groups is 2. The fourth-order valence-corrected chi connectivity index (χ4v) is 3.96. The Bertz CT molecular complexity index is 1040. The van der Waals surface area contributed by atoms with Gasteiger partial charge in [0.05, 0.1) is 5.25 Å². The van der Waals surface area contributed by atoms with Crippen molar-refractivity contribution in [2.75, 3.05) is 0 Å². The number of primary amides is 1. The zero-order valence-corrected chi connectivity index (χ0v) is 18.8. The molecule has 0 bridgehead atoms. The number of amides is 3. The minimum atomic E-state index is -0.873. The average Bonchev–Trinajstić information content (AvgIpc) is 3.16. The fourth-order valence-electron chi connectivity index (χ4n) is 3.10. The van der Waals surface area contributed by atoms with Crippen LogP contribution in [0.2, 0.25) is 0 Å². The van der Waals surface area contributed by atoms with Gasteiger partial charge in [-0.2, -0.15) is 0 Å². The van der Waals surface area contributed by atoms with Crippen molar-refractivity contribution in [2.24, 2.45) is 5.73 Å². The SMILES string of the molecule is CCCCc1ccc(-n2c(S[C@H](C)C(=O)NC(N)=O)nnc2-c2ccc(C)cc2)cc1. The van der Waals surface area contributed by atoms with Crippen molar-refractivity contribution in [2.45, 2.75) is 50.4 Å². The van der Waals surface area contributed by atoms with Crippen LogP contribution < -0.4 is 11.1 Å². The molecule has 3 rings (SSSR count). The number of nitrogens with two attached hydrogens (primary N) is 1. The number of carbonyl (C=O) groups excluding carboxylic acids is 2. The van der Waals surface area contributed by atoms with E-state index in [1.807, 2.05) is 47.9 Å². The summed E-state index contributed by atoms with van der Waals surface area (Å²) in [5.41, 5.74) is 9.34. The highest BCUT2D eigenvalue weighted by molar-refractivity contribution is 8.00. The quantitative estimate of drug-likeness (QED) is 0.513. The van der Waals surface area contributed by atoms with Gasteiger partial charge in [0.1, 0.15) is 0 Å². The number of rotatable bonds is 8. The van der Waals surface area contributed by atoms with E-state index >= 15 is 0 Å². The molecule has 2 aromatic carbocycles. The van der Waals surface area contributed by atoms with Crippen molar-refractivity contribution in [3.05, 3.63) is 59.7 Å². The molecular weight excluding hydrogens is 410 g/mol. The molecule has 7 nitrogen and oxygen atoms in total. The molecule has 162 valence electrons. The molecule has 0 unspecified atom stereocenters. The molecule has 1 atom stereocenters. The van der Waals surface area contributed by atoms with Crippen LogP contribution in [-0.4, -0.2) is 32.0 Å². The second-order valence-corrected chi connectivity index (χ2v) is 8.70. The van der Waals surface area contributed by atoms with Crippen LogP contribution in [0.5, 0.6) is 0 Å². The van der Waals surface area contributed by atoms with Crippen molar-refractivity contribution in [1.29, 1.82) is 0 Å². The summed E-state index contributed by atoms with van der Waals surface area (Å²) in [7, 11) is 0. The summed E-state index contributed by atoms with van der Waals surface area (Å²) < 4.78 is 1.94. The van der Waals surface area contributed by atoms with E-state index in [0.29, 0.717) is 11.0 Å². The molecule has 1 aromatic heterocycles. The van der Waals surface area contributed by atoms with Crippen LogP contribution >= 0.6 is 11.8 Å². The van der Waals surface area contributed by atoms with E-state index in [1.54, 1.807) is 6.92 Å². The van der Waals surface area contributed by atoms with Crippen LogP contribution in [0.25, 0.3) is 17.1 Å². The van der Waals surface area contributed by atoms with Gasteiger partial charge < -0.3 is 5.73 Å². The highest BCUT2D eigenvalue weighted by atomic mass is 32.2. The van der Waals surface area contributed by atoms with Crippen molar-refractivity contribution in [1.82, 2.24) is 20.1 Å². The standard InChI is InChI=1S/C23H27N5O2S/c1-4-5-6-17-9-13-19(14-10-17)28-20(18-11-7-15(2)8-12-18)26-27-23(28)31-16(3)21(29)25-22(24)30/h7-14,16H,4-6H2,1-3H3,(H3,24,25,29,30)/t16-/m1/s1. The lowest BCUT2D eigenvalue weighted by molar-refractivity contribution is -0.119. The number of hydrogen-bond acceptors (Lipinski definition) is 5. The van der Waals surface area contributed by atoms with Gasteiger partial charge in [0.2, 0.25) is 5.91 Å². The Morgan fingerprint density at radius 2 is 1.77 bits per heavy atom.